The van der Waals surface area contributed by atoms with Gasteiger partial charge >= 0.3 is 29.6 Å². The first-order chi connectivity index (χ1) is 14.8. The van der Waals surface area contributed by atoms with Crippen LogP contribution in [0.2, 0.25) is 5.02 Å². The van der Waals surface area contributed by atoms with Gasteiger partial charge < -0.3 is 15.2 Å². The molecule has 0 unspecified atom stereocenters. The number of rotatable bonds is 6. The predicted molar refractivity (Wildman–Crippen MR) is 132 cm³/mol. The van der Waals surface area contributed by atoms with Gasteiger partial charge in [-0.05, 0) is 54.5 Å². The second-order valence-corrected chi connectivity index (χ2v) is 8.77. The number of aliphatic carboxylic acids is 1. The van der Waals surface area contributed by atoms with Crippen LogP contribution in [0.4, 0.5) is 5.69 Å². The largest absolute Gasteiger partial charge is 1.00 e. The number of hydrogen-bond donors (Lipinski definition) is 2. The molecule has 0 aliphatic heterocycles. The number of carbonyl (C=O) groups is 1. The van der Waals surface area contributed by atoms with Crippen molar-refractivity contribution in [2.45, 2.75) is 59.3 Å². The molecule has 0 aromatic heterocycles. The molecular formula is C25H31ClNNaO3S. The molecule has 2 aromatic carbocycles. The molecule has 0 bridgehead atoms. The molecule has 0 amide bonds. The Hall–Kier alpha value is -1.11. The molecule has 1 aliphatic rings. The van der Waals surface area contributed by atoms with Crippen LogP contribution in [0.25, 0.3) is 0 Å². The molecule has 0 radical (unpaired) electrons. The van der Waals surface area contributed by atoms with Gasteiger partial charge in [-0.3, -0.25) is 4.79 Å². The van der Waals surface area contributed by atoms with Crippen LogP contribution < -0.4 is 39.6 Å². The van der Waals surface area contributed by atoms with Crippen LogP contribution in [0.1, 0.15) is 62.1 Å². The zero-order valence-corrected chi connectivity index (χ0v) is 23.0. The Balaban J connectivity index is 0.000000945. The summed E-state index contributed by atoms with van der Waals surface area (Å²) >= 11 is 11.8. The number of halogens is 1. The van der Waals surface area contributed by atoms with E-state index in [9.17, 15) is 0 Å². The van der Waals surface area contributed by atoms with Crippen molar-refractivity contribution in [2.75, 3.05) is 11.9 Å². The van der Waals surface area contributed by atoms with E-state index in [1.165, 1.54) is 32.1 Å². The van der Waals surface area contributed by atoms with E-state index in [0.717, 1.165) is 54.0 Å². The molecule has 32 heavy (non-hydrogen) atoms. The third-order valence-electron chi connectivity index (χ3n) is 5.31. The van der Waals surface area contributed by atoms with Gasteiger partial charge in [0.1, 0.15) is 10.7 Å². The average Bonchev–Trinajstić information content (AvgIpc) is 2.70. The van der Waals surface area contributed by atoms with Crippen molar-refractivity contribution in [3.8, 4) is 5.75 Å². The molecule has 4 nitrogen and oxygen atoms in total. The molecule has 0 spiro atoms. The summed E-state index contributed by atoms with van der Waals surface area (Å²) in [6.07, 6.45) is 8.04. The van der Waals surface area contributed by atoms with Crippen LogP contribution in [0, 0.1) is 25.8 Å². The molecule has 0 heterocycles. The summed E-state index contributed by atoms with van der Waals surface area (Å²) in [6, 6.07) is 12.6. The Morgan fingerprint density at radius 2 is 1.84 bits per heavy atom. The summed E-state index contributed by atoms with van der Waals surface area (Å²) in [7, 11) is 0. The Morgan fingerprint density at radius 3 is 2.41 bits per heavy atom. The predicted octanol–water partition coefficient (Wildman–Crippen LogP) is 3.99. The van der Waals surface area contributed by atoms with Crippen molar-refractivity contribution in [1.82, 2.24) is 0 Å². The van der Waals surface area contributed by atoms with Gasteiger partial charge in [0.2, 0.25) is 0 Å². The maximum atomic E-state index is 9.00. The molecular weight excluding hydrogens is 453 g/mol. The number of carboxylic acid groups (broad SMARTS) is 1. The van der Waals surface area contributed by atoms with Gasteiger partial charge in [0.25, 0.3) is 5.97 Å². The second-order valence-electron chi connectivity index (χ2n) is 7.95. The minimum absolute atomic E-state index is 0. The monoisotopic (exact) mass is 483 g/mol. The van der Waals surface area contributed by atoms with E-state index in [1.807, 2.05) is 6.07 Å². The fraction of sp³-hybridized carbons (Fsp3) is 0.440. The minimum atomic E-state index is -0.833. The Morgan fingerprint density at radius 1 is 1.25 bits per heavy atom. The zero-order chi connectivity index (χ0) is 22.8. The number of hydrogen-bond acceptors (Lipinski definition) is 3. The van der Waals surface area contributed by atoms with Gasteiger partial charge in [-0.25, -0.2) is 0 Å². The number of nitrogens with one attached hydrogen (secondary N) is 1. The molecule has 1 saturated carbocycles. The van der Waals surface area contributed by atoms with Crippen molar-refractivity contribution >= 4 is 40.5 Å². The van der Waals surface area contributed by atoms with E-state index >= 15 is 0 Å². The van der Waals surface area contributed by atoms with Crippen molar-refractivity contribution < 1.29 is 44.2 Å². The molecule has 0 atom stereocenters. The van der Waals surface area contributed by atoms with Crippen LogP contribution in [-0.4, -0.2) is 22.7 Å². The van der Waals surface area contributed by atoms with Crippen LogP contribution in [-0.2, 0) is 4.79 Å². The van der Waals surface area contributed by atoms with Gasteiger partial charge in [-0.15, -0.1) is 11.6 Å². The summed E-state index contributed by atoms with van der Waals surface area (Å²) in [6.45, 7) is 6.02. The molecule has 2 N–H and O–H groups in total. The molecule has 7 heteroatoms. The Bertz CT molecular complexity index is 874. The Kier molecular flexibility index (Phi) is 13.5. The van der Waals surface area contributed by atoms with E-state index in [-0.39, 0.29) is 29.6 Å². The van der Waals surface area contributed by atoms with Crippen molar-refractivity contribution in [1.29, 1.82) is 0 Å². The van der Waals surface area contributed by atoms with Gasteiger partial charge in [-0.1, -0.05) is 50.0 Å². The van der Waals surface area contributed by atoms with E-state index < -0.39 is 5.97 Å². The first-order valence-electron chi connectivity index (χ1n) is 10.7. The molecule has 1 aliphatic carbocycles. The number of thiocarbonyl (C=S) groups is 1. The maximum Gasteiger partial charge on any atom is 1.00 e. The summed E-state index contributed by atoms with van der Waals surface area (Å²) < 4.78 is 6.05. The summed E-state index contributed by atoms with van der Waals surface area (Å²) in [5, 5.41) is 11.3. The van der Waals surface area contributed by atoms with Crippen molar-refractivity contribution in [2.24, 2.45) is 5.92 Å². The van der Waals surface area contributed by atoms with Crippen LogP contribution >= 0.6 is 23.8 Å². The van der Waals surface area contributed by atoms with E-state index in [1.54, 1.807) is 12.1 Å². The summed E-state index contributed by atoms with van der Waals surface area (Å²) in [5.74, 6) is 0.933. The fourth-order valence-corrected chi connectivity index (χ4v) is 4.47. The molecule has 2 aromatic rings. The first-order valence-corrected chi connectivity index (χ1v) is 11.5. The molecule has 1 fully saturated rings. The van der Waals surface area contributed by atoms with Crippen molar-refractivity contribution in [3.05, 3.63) is 58.1 Å². The Labute approximate surface area is 224 Å². The van der Waals surface area contributed by atoms with Gasteiger partial charge in [0.15, 0.2) is 0 Å². The van der Waals surface area contributed by atoms with Gasteiger partial charge in [-0.2, -0.15) is 24.3 Å². The topological polar surface area (TPSA) is 58.6 Å². The third kappa shape index (κ3) is 9.80. The van der Waals surface area contributed by atoms with Gasteiger partial charge in [0.05, 0.1) is 6.61 Å². The maximum absolute atomic E-state index is 9.00. The standard InChI is InChI=1S/C23H27ClNOS.C2H4O2.Na/c1-16-14-19(26-13-12-18-8-4-3-5-9-18)15-17(2)22(16)23(27)25-21-11-7-6-10-20(21)24;1-2(3)4;/h6,10-11,14-15,18H,3-5,8-9,12-13H2,1-2H3,(H,25,27);1H3,(H,3,4);/q-1;;+1. The van der Waals surface area contributed by atoms with E-state index in [2.05, 4.69) is 37.4 Å². The number of ether oxygens (including phenoxy) is 1. The summed E-state index contributed by atoms with van der Waals surface area (Å²) in [4.78, 5) is 9.67. The minimum Gasteiger partial charge on any atom is -0.494 e. The van der Waals surface area contributed by atoms with Crippen molar-refractivity contribution in [3.63, 3.8) is 0 Å². The fourth-order valence-electron chi connectivity index (χ4n) is 3.88. The third-order valence-corrected chi connectivity index (χ3v) is 5.95. The SMILES string of the molecule is CC(=O)O.Cc1cc(OCCC2CCCCC2)cc(C)c1C(=S)Nc1c[c-]ccc1Cl.[Na+]. The van der Waals surface area contributed by atoms with E-state index in [0.29, 0.717) is 10.0 Å². The molecule has 3 rings (SSSR count). The van der Waals surface area contributed by atoms with Crippen LogP contribution in [0.3, 0.4) is 0 Å². The van der Waals surface area contributed by atoms with E-state index in [4.69, 9.17) is 38.5 Å². The number of aryl methyl sites for hydroxylation is 2. The molecule has 168 valence electrons. The number of anilines is 1. The second kappa shape index (κ2) is 14.9. The zero-order valence-electron chi connectivity index (χ0n) is 19.5. The van der Waals surface area contributed by atoms with Crippen LogP contribution in [0.5, 0.6) is 5.75 Å². The average molecular weight is 484 g/mol. The first kappa shape index (κ1) is 28.9. The van der Waals surface area contributed by atoms with Crippen LogP contribution in [0.15, 0.2) is 30.3 Å². The molecule has 0 saturated heterocycles. The quantitative estimate of drug-likeness (QED) is 0.369. The smallest absolute Gasteiger partial charge is 0.494 e. The van der Waals surface area contributed by atoms with Gasteiger partial charge in [0, 0.05) is 12.5 Å². The number of benzene rings is 2. The normalized spacial score (nSPS) is 13.2. The summed E-state index contributed by atoms with van der Waals surface area (Å²) in [5.41, 5.74) is 4.02. The number of carboxylic acids is 1.